The molecule has 6 heteroatoms. The number of nitrogens with zero attached hydrogens (tertiary/aromatic N) is 1. The van der Waals surface area contributed by atoms with Crippen molar-refractivity contribution in [1.82, 2.24) is 9.88 Å². The number of carbonyl (C=O) groups excluding carboxylic acids is 1. The number of fused-ring (bicyclic) bond motifs is 2. The first-order valence-corrected chi connectivity index (χ1v) is 10.0. The molecule has 0 spiro atoms. The lowest BCUT2D eigenvalue weighted by molar-refractivity contribution is -0.0231. The van der Waals surface area contributed by atoms with E-state index in [4.69, 9.17) is 4.74 Å². The number of aromatic amines is 1. The van der Waals surface area contributed by atoms with Gasteiger partial charge in [0.25, 0.3) is 5.91 Å². The molecule has 2 aromatic carbocycles. The minimum Gasteiger partial charge on any atom is -0.488 e. The Morgan fingerprint density at radius 1 is 1.07 bits per heavy atom. The van der Waals surface area contributed by atoms with Crippen molar-refractivity contribution in [2.45, 2.75) is 25.0 Å². The lowest BCUT2D eigenvalue weighted by atomic mass is 9.78. The van der Waals surface area contributed by atoms with Gasteiger partial charge in [-0.3, -0.25) is 4.79 Å². The van der Waals surface area contributed by atoms with Crippen molar-refractivity contribution in [2.75, 3.05) is 13.1 Å². The Bertz CT molecular complexity index is 1030. The van der Waals surface area contributed by atoms with E-state index in [1.165, 1.54) is 12.1 Å². The maximum atomic E-state index is 13.1. The average Bonchev–Trinajstić information content (AvgIpc) is 3.33. The average molecular weight is 394 g/mol. The van der Waals surface area contributed by atoms with Crippen LogP contribution in [0.15, 0.2) is 54.7 Å². The first-order chi connectivity index (χ1) is 14.1. The second kappa shape index (κ2) is 7.19. The summed E-state index contributed by atoms with van der Waals surface area (Å²) in [4.78, 5) is 18.2. The number of carbonyl (C=O) groups is 1. The monoisotopic (exact) mass is 394 g/mol. The molecule has 0 unspecified atom stereocenters. The summed E-state index contributed by atoms with van der Waals surface area (Å²) in [6.07, 6.45) is 2.13. The van der Waals surface area contributed by atoms with E-state index in [2.05, 4.69) is 4.98 Å². The summed E-state index contributed by atoms with van der Waals surface area (Å²) >= 11 is 0. The lowest BCUT2D eigenvalue weighted by Gasteiger charge is -2.35. The molecule has 2 N–H and O–H groups in total. The van der Waals surface area contributed by atoms with Crippen molar-refractivity contribution in [2.24, 2.45) is 11.8 Å². The van der Waals surface area contributed by atoms with Gasteiger partial charge in [-0.2, -0.15) is 0 Å². The molecule has 2 fully saturated rings. The number of H-pyrrole nitrogens is 1. The van der Waals surface area contributed by atoms with Crippen LogP contribution in [-0.4, -0.2) is 46.2 Å². The van der Waals surface area contributed by atoms with E-state index < -0.39 is 6.10 Å². The number of likely N-dealkylation sites (tertiary alicyclic amines) is 1. The summed E-state index contributed by atoms with van der Waals surface area (Å²) in [5.74, 6) is 0.829. The van der Waals surface area contributed by atoms with Crippen LogP contribution in [0.4, 0.5) is 4.39 Å². The molecule has 1 aromatic heterocycles. The number of nitrogens with one attached hydrogen (secondary N) is 1. The number of rotatable bonds is 3. The fourth-order valence-electron chi connectivity index (χ4n) is 4.79. The summed E-state index contributed by atoms with van der Waals surface area (Å²) in [5.41, 5.74) is 1.65. The highest BCUT2D eigenvalue weighted by Crippen LogP contribution is 2.38. The number of amides is 1. The first-order valence-electron chi connectivity index (χ1n) is 10.0. The molecule has 4 atom stereocenters. The molecule has 2 aliphatic rings. The molecular weight excluding hydrogens is 371 g/mol. The second-order valence-corrected chi connectivity index (χ2v) is 8.13. The van der Waals surface area contributed by atoms with E-state index in [1.807, 2.05) is 29.2 Å². The third kappa shape index (κ3) is 3.38. The zero-order valence-corrected chi connectivity index (χ0v) is 15.9. The Kier molecular flexibility index (Phi) is 4.51. The van der Waals surface area contributed by atoms with Gasteiger partial charge in [0.1, 0.15) is 17.7 Å². The Morgan fingerprint density at radius 2 is 1.79 bits per heavy atom. The topological polar surface area (TPSA) is 65.6 Å². The van der Waals surface area contributed by atoms with Gasteiger partial charge in [0.2, 0.25) is 0 Å². The number of hydrogen-bond donors (Lipinski definition) is 2. The van der Waals surface area contributed by atoms with E-state index in [9.17, 15) is 14.3 Å². The van der Waals surface area contributed by atoms with Crippen molar-refractivity contribution in [3.8, 4) is 5.75 Å². The summed E-state index contributed by atoms with van der Waals surface area (Å²) in [6, 6.07) is 13.7. The van der Waals surface area contributed by atoms with Gasteiger partial charge in [0.05, 0.1) is 11.7 Å². The van der Waals surface area contributed by atoms with Crippen molar-refractivity contribution < 1.29 is 19.0 Å². The minimum absolute atomic E-state index is 0.0299. The summed E-state index contributed by atoms with van der Waals surface area (Å²) < 4.78 is 19.0. The van der Waals surface area contributed by atoms with Gasteiger partial charge in [0, 0.05) is 30.2 Å². The van der Waals surface area contributed by atoms with Crippen LogP contribution < -0.4 is 4.74 Å². The molecule has 1 amide bonds. The number of aliphatic hydroxyl groups is 1. The van der Waals surface area contributed by atoms with E-state index in [0.717, 1.165) is 10.9 Å². The Morgan fingerprint density at radius 3 is 2.59 bits per heavy atom. The van der Waals surface area contributed by atoms with Gasteiger partial charge in [-0.25, -0.2) is 4.39 Å². The minimum atomic E-state index is -0.593. The number of aliphatic hydroxyl groups excluding tert-OH is 1. The maximum Gasteiger partial charge on any atom is 0.256 e. The van der Waals surface area contributed by atoms with Gasteiger partial charge in [-0.05, 0) is 55.0 Å². The highest BCUT2D eigenvalue weighted by atomic mass is 19.1. The Labute approximate surface area is 168 Å². The van der Waals surface area contributed by atoms with Crippen molar-refractivity contribution in [3.05, 3.63) is 66.1 Å². The fraction of sp³-hybridized carbons (Fsp3) is 0.348. The smallest absolute Gasteiger partial charge is 0.256 e. The molecule has 2 heterocycles. The highest BCUT2D eigenvalue weighted by Gasteiger charge is 2.44. The largest absolute Gasteiger partial charge is 0.488 e. The molecule has 150 valence electrons. The SMILES string of the molecule is O=C(c1c[nH]c2ccccc12)N1C[C@H]2C[C@@H](Oc3ccc(F)cc3)[C@H](O)C[C@H]2C1. The van der Waals surface area contributed by atoms with E-state index in [0.29, 0.717) is 37.2 Å². The normalized spacial score (nSPS) is 26.5. The number of benzene rings is 2. The molecular formula is C23H23FN2O3. The zero-order chi connectivity index (χ0) is 20.0. The summed E-state index contributed by atoms with van der Waals surface area (Å²) in [6.45, 7) is 1.32. The molecule has 1 aliphatic heterocycles. The summed E-state index contributed by atoms with van der Waals surface area (Å²) in [5, 5.41) is 11.5. The standard InChI is InChI=1S/C23H23FN2O3/c24-16-5-7-17(8-6-16)29-22-10-15-13-26(12-14(15)9-21(22)27)23(28)19-11-25-20-4-2-1-3-18(19)20/h1-8,11,14-15,21-22,25,27H,9-10,12-13H2/t14-,15+,21+,22+/m0/s1. The number of hydrogen-bond acceptors (Lipinski definition) is 3. The zero-order valence-electron chi connectivity index (χ0n) is 15.9. The van der Waals surface area contributed by atoms with Gasteiger partial charge in [-0.15, -0.1) is 0 Å². The van der Waals surface area contributed by atoms with Crippen LogP contribution >= 0.6 is 0 Å². The molecule has 5 nitrogen and oxygen atoms in total. The molecule has 0 radical (unpaired) electrons. The van der Waals surface area contributed by atoms with E-state index >= 15 is 0 Å². The van der Waals surface area contributed by atoms with Crippen molar-refractivity contribution in [3.63, 3.8) is 0 Å². The summed E-state index contributed by atoms with van der Waals surface area (Å²) in [7, 11) is 0. The van der Waals surface area contributed by atoms with E-state index in [1.54, 1.807) is 18.3 Å². The van der Waals surface area contributed by atoms with Gasteiger partial charge in [-0.1, -0.05) is 18.2 Å². The third-order valence-corrected chi connectivity index (χ3v) is 6.29. The van der Waals surface area contributed by atoms with Crippen LogP contribution in [0.25, 0.3) is 10.9 Å². The number of halogens is 1. The van der Waals surface area contributed by atoms with Crippen LogP contribution in [0.2, 0.25) is 0 Å². The number of aromatic nitrogens is 1. The Balaban J connectivity index is 1.29. The van der Waals surface area contributed by atoms with Crippen LogP contribution in [0.3, 0.4) is 0 Å². The molecule has 5 rings (SSSR count). The predicted molar refractivity (Wildman–Crippen MR) is 107 cm³/mol. The van der Waals surface area contributed by atoms with Gasteiger partial charge < -0.3 is 19.7 Å². The Hall–Kier alpha value is -2.86. The predicted octanol–water partition coefficient (Wildman–Crippen LogP) is 3.60. The fourth-order valence-corrected chi connectivity index (χ4v) is 4.79. The van der Waals surface area contributed by atoms with Crippen LogP contribution in [0.5, 0.6) is 5.75 Å². The van der Waals surface area contributed by atoms with Crippen LogP contribution in [0, 0.1) is 17.7 Å². The number of ether oxygens (including phenoxy) is 1. The van der Waals surface area contributed by atoms with Crippen LogP contribution in [0.1, 0.15) is 23.2 Å². The molecule has 1 saturated heterocycles. The van der Waals surface area contributed by atoms with Crippen LogP contribution in [-0.2, 0) is 0 Å². The second-order valence-electron chi connectivity index (χ2n) is 8.13. The molecule has 29 heavy (non-hydrogen) atoms. The molecule has 0 bridgehead atoms. The molecule has 3 aromatic rings. The lowest BCUT2D eigenvalue weighted by Crippen LogP contribution is -2.42. The first kappa shape index (κ1) is 18.2. The van der Waals surface area contributed by atoms with E-state index in [-0.39, 0.29) is 29.7 Å². The van der Waals surface area contributed by atoms with Crippen molar-refractivity contribution in [1.29, 1.82) is 0 Å². The quantitative estimate of drug-likeness (QED) is 0.713. The maximum absolute atomic E-state index is 13.1. The van der Waals surface area contributed by atoms with Gasteiger partial charge in [0.15, 0.2) is 0 Å². The van der Waals surface area contributed by atoms with Crippen molar-refractivity contribution >= 4 is 16.8 Å². The molecule has 1 saturated carbocycles. The van der Waals surface area contributed by atoms with Gasteiger partial charge >= 0.3 is 0 Å². The molecule has 1 aliphatic carbocycles. The highest BCUT2D eigenvalue weighted by molar-refractivity contribution is 6.06. The number of para-hydroxylation sites is 1. The third-order valence-electron chi connectivity index (χ3n) is 6.29.